The number of esters is 1. The van der Waals surface area contributed by atoms with Gasteiger partial charge in [0.15, 0.2) is 0 Å². The van der Waals surface area contributed by atoms with Crippen molar-refractivity contribution in [2.45, 2.75) is 40.0 Å². The number of hydrogen-bond donors (Lipinski definition) is 0. The molecule has 0 aromatic heterocycles. The molecule has 0 radical (unpaired) electrons. The van der Waals surface area contributed by atoms with Crippen LogP contribution in [0.5, 0.6) is 0 Å². The van der Waals surface area contributed by atoms with Crippen LogP contribution >= 0.6 is 0 Å². The maximum Gasteiger partial charge on any atom is 0.340 e. The van der Waals surface area contributed by atoms with Crippen LogP contribution in [0.2, 0.25) is 0 Å². The lowest BCUT2D eigenvalue weighted by Gasteiger charge is -2.17. The standard InChI is InChI=1S/C26H29NO3/c1-5-30-26(29)24-19(4)27(16-15-20-9-7-6-8-10-20)25(28)23(24)17-21-11-13-22(14-12-21)18(2)3/h6-14,17-18H,5,15-16H2,1-4H3/b23-17-. The van der Waals surface area contributed by atoms with Crippen molar-refractivity contribution in [2.24, 2.45) is 0 Å². The molecule has 1 amide bonds. The molecule has 1 aliphatic rings. The van der Waals surface area contributed by atoms with Crippen molar-refractivity contribution < 1.29 is 14.3 Å². The molecule has 0 bridgehead atoms. The second-order valence-electron chi connectivity index (χ2n) is 7.75. The van der Waals surface area contributed by atoms with Crippen LogP contribution in [0.25, 0.3) is 6.08 Å². The zero-order valence-electron chi connectivity index (χ0n) is 18.1. The topological polar surface area (TPSA) is 46.6 Å². The van der Waals surface area contributed by atoms with E-state index in [2.05, 4.69) is 26.0 Å². The molecule has 4 nitrogen and oxygen atoms in total. The summed E-state index contributed by atoms with van der Waals surface area (Å²) in [5.74, 6) is -0.166. The quantitative estimate of drug-likeness (QED) is 0.476. The monoisotopic (exact) mass is 403 g/mol. The lowest BCUT2D eigenvalue weighted by molar-refractivity contribution is -0.138. The Bertz CT molecular complexity index is 969. The molecule has 3 rings (SSSR count). The molecule has 2 aromatic carbocycles. The van der Waals surface area contributed by atoms with Crippen molar-refractivity contribution in [1.82, 2.24) is 4.90 Å². The summed E-state index contributed by atoms with van der Waals surface area (Å²) >= 11 is 0. The van der Waals surface area contributed by atoms with E-state index in [9.17, 15) is 9.59 Å². The van der Waals surface area contributed by atoms with E-state index >= 15 is 0 Å². The van der Waals surface area contributed by atoms with E-state index in [0.717, 1.165) is 17.5 Å². The predicted molar refractivity (Wildman–Crippen MR) is 120 cm³/mol. The van der Waals surface area contributed by atoms with E-state index < -0.39 is 5.97 Å². The van der Waals surface area contributed by atoms with Crippen molar-refractivity contribution >= 4 is 18.0 Å². The molecule has 0 atom stereocenters. The minimum Gasteiger partial charge on any atom is -0.462 e. The summed E-state index contributed by atoms with van der Waals surface area (Å²) in [5.41, 5.74) is 4.69. The highest BCUT2D eigenvalue weighted by atomic mass is 16.5. The molecule has 0 N–H and O–H groups in total. The number of ether oxygens (including phenoxy) is 1. The molecule has 0 spiro atoms. The van der Waals surface area contributed by atoms with E-state index in [4.69, 9.17) is 4.74 Å². The molecular weight excluding hydrogens is 374 g/mol. The minimum absolute atomic E-state index is 0.153. The number of benzene rings is 2. The molecule has 1 heterocycles. The van der Waals surface area contributed by atoms with Crippen LogP contribution in [0, 0.1) is 0 Å². The van der Waals surface area contributed by atoms with Gasteiger partial charge in [0.05, 0.1) is 17.8 Å². The van der Waals surface area contributed by atoms with E-state index in [1.807, 2.05) is 49.4 Å². The van der Waals surface area contributed by atoms with Gasteiger partial charge in [-0.15, -0.1) is 0 Å². The van der Waals surface area contributed by atoms with Crippen molar-refractivity contribution in [3.05, 3.63) is 88.1 Å². The van der Waals surface area contributed by atoms with Gasteiger partial charge in [0, 0.05) is 12.2 Å². The van der Waals surface area contributed by atoms with Gasteiger partial charge in [-0.3, -0.25) is 4.79 Å². The average Bonchev–Trinajstić information content (AvgIpc) is 2.97. The van der Waals surface area contributed by atoms with Crippen molar-refractivity contribution in [3.63, 3.8) is 0 Å². The smallest absolute Gasteiger partial charge is 0.340 e. The van der Waals surface area contributed by atoms with Crippen LogP contribution < -0.4 is 0 Å². The summed E-state index contributed by atoms with van der Waals surface area (Å²) in [7, 11) is 0. The second kappa shape index (κ2) is 9.57. The first kappa shape index (κ1) is 21.6. The summed E-state index contributed by atoms with van der Waals surface area (Å²) in [5, 5.41) is 0. The summed E-state index contributed by atoms with van der Waals surface area (Å²) in [6.07, 6.45) is 2.51. The minimum atomic E-state index is -0.449. The maximum atomic E-state index is 13.2. The lowest BCUT2D eigenvalue weighted by atomic mass is 9.99. The van der Waals surface area contributed by atoms with Gasteiger partial charge in [-0.25, -0.2) is 4.79 Å². The first-order chi connectivity index (χ1) is 14.4. The van der Waals surface area contributed by atoms with Gasteiger partial charge in [0.1, 0.15) is 0 Å². The van der Waals surface area contributed by atoms with E-state index in [0.29, 0.717) is 29.3 Å². The fourth-order valence-electron chi connectivity index (χ4n) is 3.63. The second-order valence-corrected chi connectivity index (χ2v) is 7.75. The first-order valence-corrected chi connectivity index (χ1v) is 10.5. The van der Waals surface area contributed by atoms with Crippen LogP contribution in [0.1, 0.15) is 50.3 Å². The van der Waals surface area contributed by atoms with Gasteiger partial charge in [0.25, 0.3) is 5.91 Å². The Balaban J connectivity index is 1.92. The number of rotatable bonds is 7. The Labute approximate surface area is 178 Å². The third-order valence-corrected chi connectivity index (χ3v) is 5.37. The van der Waals surface area contributed by atoms with Gasteiger partial charge >= 0.3 is 5.97 Å². The maximum absolute atomic E-state index is 13.2. The molecule has 0 aliphatic carbocycles. The van der Waals surface area contributed by atoms with Crippen LogP contribution in [0.4, 0.5) is 0 Å². The molecular formula is C26H29NO3. The van der Waals surface area contributed by atoms with Crippen LogP contribution in [0.3, 0.4) is 0 Å². The molecule has 2 aromatic rings. The Morgan fingerprint density at radius 3 is 2.33 bits per heavy atom. The Morgan fingerprint density at radius 2 is 1.73 bits per heavy atom. The van der Waals surface area contributed by atoms with Gasteiger partial charge in [-0.1, -0.05) is 68.4 Å². The summed E-state index contributed by atoms with van der Waals surface area (Å²) in [6.45, 7) is 8.65. The number of hydrogen-bond acceptors (Lipinski definition) is 3. The molecule has 30 heavy (non-hydrogen) atoms. The Kier molecular flexibility index (Phi) is 6.88. The van der Waals surface area contributed by atoms with Crippen LogP contribution in [-0.4, -0.2) is 29.9 Å². The number of allylic oxidation sites excluding steroid dienone is 1. The Morgan fingerprint density at radius 1 is 1.07 bits per heavy atom. The SMILES string of the molecule is CCOC(=O)C1=C(C)N(CCc2ccccc2)C(=O)/C1=C\c1ccc(C(C)C)cc1. The third kappa shape index (κ3) is 4.70. The van der Waals surface area contributed by atoms with Gasteiger partial charge in [0.2, 0.25) is 0 Å². The van der Waals surface area contributed by atoms with Gasteiger partial charge in [-0.2, -0.15) is 0 Å². The highest BCUT2D eigenvalue weighted by molar-refractivity contribution is 6.16. The summed E-state index contributed by atoms with van der Waals surface area (Å²) < 4.78 is 5.26. The number of carbonyl (C=O) groups is 2. The number of nitrogens with zero attached hydrogens (tertiary/aromatic N) is 1. The highest BCUT2D eigenvalue weighted by Crippen LogP contribution is 2.32. The van der Waals surface area contributed by atoms with Gasteiger partial charge < -0.3 is 9.64 Å². The zero-order chi connectivity index (χ0) is 21.7. The third-order valence-electron chi connectivity index (χ3n) is 5.37. The van der Waals surface area contributed by atoms with E-state index in [1.165, 1.54) is 5.56 Å². The first-order valence-electron chi connectivity index (χ1n) is 10.5. The number of carbonyl (C=O) groups excluding carboxylic acids is 2. The normalized spacial score (nSPS) is 15.4. The summed E-state index contributed by atoms with van der Waals surface area (Å²) in [4.78, 5) is 27.6. The lowest BCUT2D eigenvalue weighted by Crippen LogP contribution is -2.27. The molecule has 1 aliphatic heterocycles. The van der Waals surface area contributed by atoms with Gasteiger partial charge in [-0.05, 0) is 49.0 Å². The fraction of sp³-hybridized carbons (Fsp3) is 0.308. The van der Waals surface area contributed by atoms with E-state index in [1.54, 1.807) is 17.9 Å². The number of amides is 1. The molecule has 0 saturated carbocycles. The molecule has 0 unspecified atom stereocenters. The zero-order valence-corrected chi connectivity index (χ0v) is 18.1. The molecule has 0 saturated heterocycles. The Hall–Kier alpha value is -3.14. The molecule has 4 heteroatoms. The van der Waals surface area contributed by atoms with E-state index in [-0.39, 0.29) is 12.5 Å². The predicted octanol–water partition coefficient (Wildman–Crippen LogP) is 5.12. The fourth-order valence-corrected chi connectivity index (χ4v) is 3.63. The molecule has 0 fully saturated rings. The highest BCUT2D eigenvalue weighted by Gasteiger charge is 2.36. The van der Waals surface area contributed by atoms with Crippen molar-refractivity contribution in [2.75, 3.05) is 13.2 Å². The largest absolute Gasteiger partial charge is 0.462 e. The average molecular weight is 404 g/mol. The van der Waals surface area contributed by atoms with Crippen LogP contribution in [-0.2, 0) is 20.7 Å². The summed E-state index contributed by atoms with van der Waals surface area (Å²) in [6, 6.07) is 18.1. The van der Waals surface area contributed by atoms with Crippen molar-refractivity contribution in [1.29, 1.82) is 0 Å². The van der Waals surface area contributed by atoms with Crippen LogP contribution in [0.15, 0.2) is 71.4 Å². The van der Waals surface area contributed by atoms with Crippen molar-refractivity contribution in [3.8, 4) is 0 Å². The molecule has 156 valence electrons.